The summed E-state index contributed by atoms with van der Waals surface area (Å²) in [6, 6.07) is 4.35. The molecule has 1 aromatic rings. The number of rotatable bonds is 3. The highest BCUT2D eigenvalue weighted by Crippen LogP contribution is 2.11. The molecule has 3 heteroatoms. The second-order valence-electron chi connectivity index (χ2n) is 2.92. The third-order valence-electron chi connectivity index (χ3n) is 1.86. The number of primary amides is 1. The van der Waals surface area contributed by atoms with Crippen LogP contribution < -0.4 is 5.73 Å². The summed E-state index contributed by atoms with van der Waals surface area (Å²) >= 11 is 0. The first-order chi connectivity index (χ1) is 6.15. The molecule has 0 aliphatic heterocycles. The second-order valence-corrected chi connectivity index (χ2v) is 2.92. The normalized spacial score (nSPS) is 10.0. The zero-order valence-electron chi connectivity index (χ0n) is 7.51. The van der Waals surface area contributed by atoms with Crippen molar-refractivity contribution in [2.45, 2.75) is 19.8 Å². The second kappa shape index (κ2) is 4.03. The fourth-order valence-corrected chi connectivity index (χ4v) is 1.17. The maximum absolute atomic E-state index is 13.2. The van der Waals surface area contributed by atoms with Crippen LogP contribution in [-0.4, -0.2) is 5.91 Å². The van der Waals surface area contributed by atoms with Crippen LogP contribution in [0.25, 0.3) is 0 Å². The average molecular weight is 181 g/mol. The first kappa shape index (κ1) is 9.71. The van der Waals surface area contributed by atoms with Crippen molar-refractivity contribution in [3.63, 3.8) is 0 Å². The lowest BCUT2D eigenvalue weighted by molar-refractivity contribution is 0.1000. The molecule has 0 aromatic heterocycles. The highest BCUT2D eigenvalue weighted by Gasteiger charge is 2.05. The quantitative estimate of drug-likeness (QED) is 0.760. The molecule has 0 aliphatic rings. The van der Waals surface area contributed by atoms with Gasteiger partial charge in [-0.1, -0.05) is 19.4 Å². The summed E-state index contributed by atoms with van der Waals surface area (Å²) in [4.78, 5) is 10.7. The van der Waals surface area contributed by atoms with E-state index < -0.39 is 5.91 Å². The Bertz CT molecular complexity index is 323. The molecule has 1 aromatic carbocycles. The Kier molecular flexibility index (Phi) is 3.01. The van der Waals surface area contributed by atoms with Crippen molar-refractivity contribution in [2.24, 2.45) is 5.73 Å². The topological polar surface area (TPSA) is 43.1 Å². The fourth-order valence-electron chi connectivity index (χ4n) is 1.17. The standard InChI is InChI=1S/C10H12FNO/c1-2-3-7-4-5-8(10(12)13)6-9(7)11/h4-6H,2-3H2,1H3,(H2,12,13). The molecule has 0 saturated carbocycles. The fraction of sp³-hybridized carbons (Fsp3) is 0.300. The summed E-state index contributed by atoms with van der Waals surface area (Å²) in [5, 5.41) is 0. The van der Waals surface area contributed by atoms with Crippen LogP contribution in [0, 0.1) is 5.82 Å². The summed E-state index contributed by atoms with van der Waals surface area (Å²) in [6.07, 6.45) is 1.57. The summed E-state index contributed by atoms with van der Waals surface area (Å²) in [6.45, 7) is 1.97. The molecule has 13 heavy (non-hydrogen) atoms. The minimum atomic E-state index is -0.595. The van der Waals surface area contributed by atoms with Gasteiger partial charge in [-0.2, -0.15) is 0 Å². The number of benzene rings is 1. The first-order valence-corrected chi connectivity index (χ1v) is 4.23. The predicted octanol–water partition coefficient (Wildman–Crippen LogP) is 1.88. The molecule has 1 rings (SSSR count). The van der Waals surface area contributed by atoms with Gasteiger partial charge < -0.3 is 5.73 Å². The van der Waals surface area contributed by atoms with E-state index in [2.05, 4.69) is 0 Å². The van der Waals surface area contributed by atoms with Gasteiger partial charge in [-0.25, -0.2) is 4.39 Å². The number of halogens is 1. The van der Waals surface area contributed by atoms with Gasteiger partial charge in [0.1, 0.15) is 5.82 Å². The van der Waals surface area contributed by atoms with Gasteiger partial charge >= 0.3 is 0 Å². The minimum Gasteiger partial charge on any atom is -0.366 e. The minimum absolute atomic E-state index is 0.220. The average Bonchev–Trinajstić information content (AvgIpc) is 2.08. The highest BCUT2D eigenvalue weighted by atomic mass is 19.1. The van der Waals surface area contributed by atoms with Crippen LogP contribution in [0.15, 0.2) is 18.2 Å². The maximum Gasteiger partial charge on any atom is 0.248 e. The van der Waals surface area contributed by atoms with E-state index in [1.165, 1.54) is 6.07 Å². The lowest BCUT2D eigenvalue weighted by Crippen LogP contribution is -2.11. The molecule has 70 valence electrons. The van der Waals surface area contributed by atoms with Crippen LogP contribution in [0.5, 0.6) is 0 Å². The molecule has 0 heterocycles. The first-order valence-electron chi connectivity index (χ1n) is 4.23. The molecular formula is C10H12FNO. The zero-order chi connectivity index (χ0) is 9.84. The maximum atomic E-state index is 13.2. The van der Waals surface area contributed by atoms with Gasteiger partial charge in [0.15, 0.2) is 0 Å². The van der Waals surface area contributed by atoms with Crippen LogP contribution in [0.1, 0.15) is 29.3 Å². The molecule has 0 unspecified atom stereocenters. The molecule has 0 radical (unpaired) electrons. The lowest BCUT2D eigenvalue weighted by Gasteiger charge is -2.02. The van der Waals surface area contributed by atoms with Gasteiger partial charge in [0.05, 0.1) is 0 Å². The molecule has 2 N–H and O–H groups in total. The zero-order valence-corrected chi connectivity index (χ0v) is 7.51. The molecule has 1 amide bonds. The van der Waals surface area contributed by atoms with E-state index >= 15 is 0 Å². The molecule has 0 saturated heterocycles. The van der Waals surface area contributed by atoms with Gasteiger partial charge in [-0.3, -0.25) is 4.79 Å². The Balaban J connectivity index is 2.98. The summed E-state index contributed by atoms with van der Waals surface area (Å²) in [5.74, 6) is -0.944. The molecule has 0 bridgehead atoms. The van der Waals surface area contributed by atoms with Crippen LogP contribution in [-0.2, 0) is 6.42 Å². The van der Waals surface area contributed by atoms with Crippen LogP contribution >= 0.6 is 0 Å². The largest absolute Gasteiger partial charge is 0.366 e. The van der Waals surface area contributed by atoms with E-state index in [-0.39, 0.29) is 11.4 Å². The Morgan fingerprint density at radius 1 is 1.54 bits per heavy atom. The summed E-state index contributed by atoms with van der Waals surface area (Å²) in [7, 11) is 0. The molecule has 2 nitrogen and oxygen atoms in total. The number of aryl methyl sites for hydroxylation is 1. The smallest absolute Gasteiger partial charge is 0.248 e. The number of carbonyl (C=O) groups is 1. The van der Waals surface area contributed by atoms with E-state index in [9.17, 15) is 9.18 Å². The van der Waals surface area contributed by atoms with Gasteiger partial charge in [-0.05, 0) is 24.1 Å². The SMILES string of the molecule is CCCc1ccc(C(N)=O)cc1F. The Morgan fingerprint density at radius 2 is 2.23 bits per heavy atom. The van der Waals surface area contributed by atoms with Crippen molar-refractivity contribution in [1.82, 2.24) is 0 Å². The van der Waals surface area contributed by atoms with Crippen LogP contribution in [0.2, 0.25) is 0 Å². The lowest BCUT2D eigenvalue weighted by atomic mass is 10.1. The van der Waals surface area contributed by atoms with Gasteiger partial charge in [-0.15, -0.1) is 0 Å². The van der Waals surface area contributed by atoms with E-state index in [4.69, 9.17) is 5.73 Å². The van der Waals surface area contributed by atoms with E-state index in [0.29, 0.717) is 12.0 Å². The van der Waals surface area contributed by atoms with Crippen molar-refractivity contribution >= 4 is 5.91 Å². The third kappa shape index (κ3) is 2.28. The monoisotopic (exact) mass is 181 g/mol. The number of nitrogens with two attached hydrogens (primary N) is 1. The highest BCUT2D eigenvalue weighted by molar-refractivity contribution is 5.92. The molecule has 0 atom stereocenters. The summed E-state index contributed by atoms with van der Waals surface area (Å²) < 4.78 is 13.2. The number of amides is 1. The predicted molar refractivity (Wildman–Crippen MR) is 48.9 cm³/mol. The van der Waals surface area contributed by atoms with Crippen molar-refractivity contribution < 1.29 is 9.18 Å². The van der Waals surface area contributed by atoms with E-state index in [1.54, 1.807) is 12.1 Å². The summed E-state index contributed by atoms with van der Waals surface area (Å²) in [5.41, 5.74) is 5.85. The van der Waals surface area contributed by atoms with Gasteiger partial charge in [0.2, 0.25) is 5.91 Å². The van der Waals surface area contributed by atoms with Gasteiger partial charge in [0, 0.05) is 5.56 Å². The number of hydrogen-bond acceptors (Lipinski definition) is 1. The molecule has 0 spiro atoms. The molecule has 0 aliphatic carbocycles. The van der Waals surface area contributed by atoms with Crippen molar-refractivity contribution in [3.8, 4) is 0 Å². The van der Waals surface area contributed by atoms with Crippen molar-refractivity contribution in [2.75, 3.05) is 0 Å². The Labute approximate surface area is 76.6 Å². The van der Waals surface area contributed by atoms with Crippen LogP contribution in [0.3, 0.4) is 0 Å². The van der Waals surface area contributed by atoms with Gasteiger partial charge in [0.25, 0.3) is 0 Å². The van der Waals surface area contributed by atoms with E-state index in [1.807, 2.05) is 6.92 Å². The van der Waals surface area contributed by atoms with Crippen LogP contribution in [0.4, 0.5) is 4.39 Å². The number of carbonyl (C=O) groups excluding carboxylic acids is 1. The number of hydrogen-bond donors (Lipinski definition) is 1. The van der Waals surface area contributed by atoms with E-state index in [0.717, 1.165) is 6.42 Å². The van der Waals surface area contributed by atoms with Crippen molar-refractivity contribution in [1.29, 1.82) is 0 Å². The third-order valence-corrected chi connectivity index (χ3v) is 1.86. The van der Waals surface area contributed by atoms with Crippen molar-refractivity contribution in [3.05, 3.63) is 35.1 Å². The molecular weight excluding hydrogens is 169 g/mol. The molecule has 0 fully saturated rings. The Hall–Kier alpha value is -1.38. The Morgan fingerprint density at radius 3 is 2.69 bits per heavy atom.